The smallest absolute Gasteiger partial charge is 0.416 e. The topological polar surface area (TPSA) is 55.4 Å². The van der Waals surface area contributed by atoms with Crippen LogP contribution in [0, 0.1) is 5.92 Å². The summed E-state index contributed by atoms with van der Waals surface area (Å²) in [5.74, 6) is -0.684. The van der Waals surface area contributed by atoms with Crippen LogP contribution in [-0.2, 0) is 20.5 Å². The Hall–Kier alpha value is -2.31. The van der Waals surface area contributed by atoms with Crippen LogP contribution in [0.1, 0.15) is 43.2 Å². The van der Waals surface area contributed by atoms with Gasteiger partial charge in [0.15, 0.2) is 6.61 Å². The third-order valence-electron chi connectivity index (χ3n) is 4.28. The van der Waals surface area contributed by atoms with Gasteiger partial charge in [-0.1, -0.05) is 31.4 Å². The van der Waals surface area contributed by atoms with Gasteiger partial charge in [-0.05, 0) is 42.5 Å². The molecule has 1 aliphatic carbocycles. The van der Waals surface area contributed by atoms with E-state index in [1.807, 2.05) is 0 Å². The number of amides is 1. The lowest BCUT2D eigenvalue weighted by Gasteiger charge is -2.21. The van der Waals surface area contributed by atoms with E-state index >= 15 is 0 Å². The average Bonchev–Trinajstić information content (AvgIpc) is 2.63. The normalized spacial score (nSPS) is 15.8. The van der Waals surface area contributed by atoms with Gasteiger partial charge in [0.25, 0.3) is 5.91 Å². The molecule has 1 N–H and O–H groups in total. The molecule has 0 bridgehead atoms. The molecule has 0 saturated heterocycles. The Kier molecular flexibility index (Phi) is 7.24. The molecule has 1 fully saturated rings. The number of benzene rings is 1. The van der Waals surface area contributed by atoms with Crippen LogP contribution in [0.2, 0.25) is 0 Å². The maximum absolute atomic E-state index is 12.6. The van der Waals surface area contributed by atoms with Crippen LogP contribution in [0.15, 0.2) is 30.3 Å². The van der Waals surface area contributed by atoms with Gasteiger partial charge in [-0.25, -0.2) is 4.79 Å². The second kappa shape index (κ2) is 9.40. The van der Waals surface area contributed by atoms with Crippen molar-refractivity contribution in [1.82, 2.24) is 5.32 Å². The third kappa shape index (κ3) is 6.90. The number of hydrogen-bond acceptors (Lipinski definition) is 3. The molecule has 26 heavy (non-hydrogen) atoms. The minimum Gasteiger partial charge on any atom is -0.452 e. The molecule has 7 heteroatoms. The summed E-state index contributed by atoms with van der Waals surface area (Å²) in [6.07, 6.45) is 3.56. The van der Waals surface area contributed by atoms with Crippen molar-refractivity contribution in [2.24, 2.45) is 5.92 Å². The monoisotopic (exact) mass is 369 g/mol. The molecule has 1 amide bonds. The van der Waals surface area contributed by atoms with Gasteiger partial charge in [0.05, 0.1) is 5.56 Å². The highest BCUT2D eigenvalue weighted by atomic mass is 19.4. The van der Waals surface area contributed by atoms with Crippen LogP contribution in [0.4, 0.5) is 13.2 Å². The molecular formula is C19H22F3NO3. The number of carbonyl (C=O) groups is 2. The molecule has 2 rings (SSSR count). The Labute approximate surface area is 150 Å². The maximum atomic E-state index is 12.6. The van der Waals surface area contributed by atoms with E-state index in [2.05, 4.69) is 5.32 Å². The third-order valence-corrected chi connectivity index (χ3v) is 4.28. The molecule has 0 unspecified atom stereocenters. The lowest BCUT2D eigenvalue weighted by atomic mass is 9.89. The molecule has 0 spiro atoms. The van der Waals surface area contributed by atoms with Crippen molar-refractivity contribution >= 4 is 18.0 Å². The molecule has 0 radical (unpaired) electrons. The summed E-state index contributed by atoms with van der Waals surface area (Å²) in [5.41, 5.74) is -0.575. The fraction of sp³-hybridized carbons (Fsp3) is 0.474. The minimum absolute atomic E-state index is 0.221. The Balaban J connectivity index is 1.74. The standard InChI is InChI=1S/C19H22F3NO3/c20-19(21,22)16-8-4-7-14(11-16)9-10-18(25)26-13-17(24)23-12-15-5-2-1-3-6-15/h4,7-11,15H,1-3,5-6,12-13H2,(H,23,24)/b10-9+. The number of nitrogens with one attached hydrogen (secondary N) is 1. The molecule has 1 saturated carbocycles. The molecule has 1 aromatic carbocycles. The zero-order chi connectivity index (χ0) is 19.0. The van der Waals surface area contributed by atoms with Gasteiger partial charge in [0.1, 0.15) is 0 Å². The predicted octanol–water partition coefficient (Wildman–Crippen LogP) is 3.96. The molecule has 4 nitrogen and oxygen atoms in total. The number of hydrogen-bond donors (Lipinski definition) is 1. The van der Waals surface area contributed by atoms with Crippen molar-refractivity contribution in [3.8, 4) is 0 Å². The van der Waals surface area contributed by atoms with E-state index in [-0.39, 0.29) is 11.5 Å². The van der Waals surface area contributed by atoms with Crippen LogP contribution in [0.3, 0.4) is 0 Å². The van der Waals surface area contributed by atoms with Crippen LogP contribution in [-0.4, -0.2) is 25.0 Å². The highest BCUT2D eigenvalue weighted by Gasteiger charge is 2.30. The number of alkyl halides is 3. The number of ether oxygens (including phenoxy) is 1. The summed E-state index contributed by atoms with van der Waals surface area (Å²) in [4.78, 5) is 23.3. The van der Waals surface area contributed by atoms with Crippen molar-refractivity contribution in [1.29, 1.82) is 0 Å². The summed E-state index contributed by atoms with van der Waals surface area (Å²) >= 11 is 0. The highest BCUT2D eigenvalue weighted by Crippen LogP contribution is 2.29. The largest absolute Gasteiger partial charge is 0.452 e. The quantitative estimate of drug-likeness (QED) is 0.610. The second-order valence-electron chi connectivity index (χ2n) is 6.37. The van der Waals surface area contributed by atoms with Gasteiger partial charge in [-0.3, -0.25) is 4.79 Å². The summed E-state index contributed by atoms with van der Waals surface area (Å²) in [5, 5.41) is 2.74. The molecule has 0 heterocycles. The summed E-state index contributed by atoms with van der Waals surface area (Å²) < 4.78 is 42.7. The van der Waals surface area contributed by atoms with Crippen molar-refractivity contribution in [3.63, 3.8) is 0 Å². The zero-order valence-electron chi connectivity index (χ0n) is 14.3. The van der Waals surface area contributed by atoms with Gasteiger partial charge >= 0.3 is 12.1 Å². The fourth-order valence-electron chi connectivity index (χ4n) is 2.87. The van der Waals surface area contributed by atoms with Gasteiger partial charge < -0.3 is 10.1 Å². The zero-order valence-corrected chi connectivity index (χ0v) is 14.3. The molecule has 0 atom stereocenters. The van der Waals surface area contributed by atoms with E-state index < -0.39 is 24.3 Å². The Morgan fingerprint density at radius 2 is 1.92 bits per heavy atom. The van der Waals surface area contributed by atoms with Gasteiger partial charge in [-0.2, -0.15) is 13.2 Å². The molecule has 0 aromatic heterocycles. The lowest BCUT2D eigenvalue weighted by molar-refractivity contribution is -0.143. The maximum Gasteiger partial charge on any atom is 0.416 e. The first-order valence-corrected chi connectivity index (χ1v) is 8.63. The number of halogens is 3. The van der Waals surface area contributed by atoms with E-state index in [0.717, 1.165) is 31.1 Å². The fourth-order valence-corrected chi connectivity index (χ4v) is 2.87. The Morgan fingerprint density at radius 3 is 2.62 bits per heavy atom. The van der Waals surface area contributed by atoms with Crippen molar-refractivity contribution < 1.29 is 27.5 Å². The molecule has 1 aromatic rings. The molecular weight excluding hydrogens is 347 g/mol. The van der Waals surface area contributed by atoms with Crippen LogP contribution in [0.5, 0.6) is 0 Å². The lowest BCUT2D eigenvalue weighted by Crippen LogP contribution is -2.33. The van der Waals surface area contributed by atoms with E-state index in [9.17, 15) is 22.8 Å². The van der Waals surface area contributed by atoms with Crippen LogP contribution < -0.4 is 5.32 Å². The van der Waals surface area contributed by atoms with Gasteiger partial charge in [0, 0.05) is 12.6 Å². The minimum atomic E-state index is -4.44. The van der Waals surface area contributed by atoms with Crippen LogP contribution >= 0.6 is 0 Å². The van der Waals surface area contributed by atoms with Crippen LogP contribution in [0.25, 0.3) is 6.08 Å². The van der Waals surface area contributed by atoms with Gasteiger partial charge in [0.2, 0.25) is 0 Å². The molecule has 142 valence electrons. The van der Waals surface area contributed by atoms with Crippen molar-refractivity contribution in [3.05, 3.63) is 41.5 Å². The van der Waals surface area contributed by atoms with E-state index in [1.54, 1.807) is 0 Å². The number of rotatable bonds is 6. The SMILES string of the molecule is O=C(COC(=O)/C=C/c1cccc(C(F)(F)F)c1)NCC1CCCCC1. The number of esters is 1. The second-order valence-corrected chi connectivity index (χ2v) is 6.37. The molecule has 1 aliphatic rings. The highest BCUT2D eigenvalue weighted by molar-refractivity contribution is 5.89. The average molecular weight is 369 g/mol. The summed E-state index contributed by atoms with van der Waals surface area (Å²) in [6, 6.07) is 4.58. The number of carbonyl (C=O) groups excluding carboxylic acids is 2. The Morgan fingerprint density at radius 1 is 1.19 bits per heavy atom. The van der Waals surface area contributed by atoms with E-state index in [4.69, 9.17) is 4.74 Å². The van der Waals surface area contributed by atoms with E-state index in [0.29, 0.717) is 12.5 Å². The van der Waals surface area contributed by atoms with E-state index in [1.165, 1.54) is 37.5 Å². The first-order valence-electron chi connectivity index (χ1n) is 8.63. The summed E-state index contributed by atoms with van der Waals surface area (Å²) in [6.45, 7) is 0.176. The predicted molar refractivity (Wildman–Crippen MR) is 91.0 cm³/mol. The Bertz CT molecular complexity index is 650. The first kappa shape index (κ1) is 20.0. The van der Waals surface area contributed by atoms with Crippen molar-refractivity contribution in [2.45, 2.75) is 38.3 Å². The summed E-state index contributed by atoms with van der Waals surface area (Å²) in [7, 11) is 0. The van der Waals surface area contributed by atoms with Gasteiger partial charge in [-0.15, -0.1) is 0 Å². The molecule has 0 aliphatic heterocycles. The first-order chi connectivity index (χ1) is 12.3. The van der Waals surface area contributed by atoms with Crippen molar-refractivity contribution in [2.75, 3.05) is 13.2 Å².